The lowest BCUT2D eigenvalue weighted by Crippen LogP contribution is -2.22. The van der Waals surface area contributed by atoms with Gasteiger partial charge in [-0.1, -0.05) is 23.9 Å². The molecule has 1 aliphatic carbocycles. The fourth-order valence-electron chi connectivity index (χ4n) is 3.24. The molecule has 1 aromatic rings. The molecule has 2 nitrogen and oxygen atoms in total. The predicted octanol–water partition coefficient (Wildman–Crippen LogP) is 4.95. The van der Waals surface area contributed by atoms with E-state index >= 15 is 0 Å². The van der Waals surface area contributed by atoms with Crippen LogP contribution < -0.4 is 0 Å². The van der Waals surface area contributed by atoms with Gasteiger partial charge in [0.25, 0.3) is 0 Å². The van der Waals surface area contributed by atoms with E-state index in [1.807, 2.05) is 0 Å². The number of allylic oxidation sites excluding steroid dienone is 2. The fourth-order valence-corrected chi connectivity index (χ4v) is 4.52. The molecule has 0 radical (unpaired) electrons. The summed E-state index contributed by atoms with van der Waals surface area (Å²) in [4.78, 5) is 8.42. The lowest BCUT2D eigenvalue weighted by atomic mass is 10.0. The summed E-state index contributed by atoms with van der Waals surface area (Å²) in [5.41, 5.74) is 1.65. The van der Waals surface area contributed by atoms with Crippen molar-refractivity contribution >= 4 is 16.9 Å². The minimum Gasteiger partial charge on any atom is -0.321 e. The molecule has 116 valence electrons. The van der Waals surface area contributed by atoms with Crippen molar-refractivity contribution in [2.45, 2.75) is 37.9 Å². The van der Waals surface area contributed by atoms with Crippen LogP contribution in [-0.2, 0) is 6.18 Å². The molecule has 4 rings (SSSR count). The molecule has 0 saturated carbocycles. The molecule has 0 aromatic heterocycles. The largest absolute Gasteiger partial charge is 0.416 e. The summed E-state index contributed by atoms with van der Waals surface area (Å²) >= 11 is 1.75. The van der Waals surface area contributed by atoms with Crippen LogP contribution in [-0.4, -0.2) is 16.6 Å². The summed E-state index contributed by atoms with van der Waals surface area (Å²) in [6, 6.07) is 5.36. The van der Waals surface area contributed by atoms with E-state index in [-0.39, 0.29) is 6.04 Å². The van der Waals surface area contributed by atoms with Crippen LogP contribution in [0.3, 0.4) is 0 Å². The fraction of sp³-hybridized carbons (Fsp3) is 0.438. The smallest absolute Gasteiger partial charge is 0.321 e. The molecule has 2 aliphatic heterocycles. The van der Waals surface area contributed by atoms with E-state index in [4.69, 9.17) is 4.99 Å². The summed E-state index contributed by atoms with van der Waals surface area (Å²) in [5.74, 6) is 0. The monoisotopic (exact) mass is 324 g/mol. The number of halogens is 3. The van der Waals surface area contributed by atoms with Gasteiger partial charge in [0.2, 0.25) is 0 Å². The molecule has 0 amide bonds. The van der Waals surface area contributed by atoms with Crippen LogP contribution in [0.5, 0.6) is 0 Å². The van der Waals surface area contributed by atoms with E-state index in [0.29, 0.717) is 0 Å². The second kappa shape index (κ2) is 5.05. The Hall–Kier alpha value is -1.43. The van der Waals surface area contributed by atoms with Crippen molar-refractivity contribution in [1.82, 2.24) is 4.90 Å². The lowest BCUT2D eigenvalue weighted by Gasteiger charge is -2.21. The Morgan fingerprint density at radius 3 is 2.55 bits per heavy atom. The number of rotatable bonds is 1. The Morgan fingerprint density at radius 1 is 1.09 bits per heavy atom. The third kappa shape index (κ3) is 2.33. The zero-order valence-corrected chi connectivity index (χ0v) is 12.7. The molecule has 0 fully saturated rings. The van der Waals surface area contributed by atoms with Gasteiger partial charge in [0.15, 0.2) is 5.17 Å². The molecule has 1 aromatic carbocycles. The number of aliphatic imine (C=N–C) groups is 1. The Balaban J connectivity index is 1.54. The second-order valence-electron chi connectivity index (χ2n) is 5.84. The number of thioether (sulfide) groups is 1. The average molecular weight is 324 g/mol. The van der Waals surface area contributed by atoms with Gasteiger partial charge < -0.3 is 4.90 Å². The van der Waals surface area contributed by atoms with Crippen molar-refractivity contribution in [2.24, 2.45) is 4.99 Å². The summed E-state index contributed by atoms with van der Waals surface area (Å²) in [5, 5.41) is 1.02. The third-order valence-corrected chi connectivity index (χ3v) is 5.60. The number of nitrogens with zero attached hydrogens (tertiary/aromatic N) is 2. The molecule has 2 heterocycles. The predicted molar refractivity (Wildman–Crippen MR) is 81.4 cm³/mol. The normalized spacial score (nSPS) is 24.4. The lowest BCUT2D eigenvalue weighted by molar-refractivity contribution is -0.137. The molecule has 3 aliphatic rings. The zero-order chi connectivity index (χ0) is 15.3. The van der Waals surface area contributed by atoms with Gasteiger partial charge in [-0.05, 0) is 43.4 Å². The number of benzene rings is 1. The topological polar surface area (TPSA) is 15.6 Å². The van der Waals surface area contributed by atoms with E-state index in [2.05, 4.69) is 4.90 Å². The van der Waals surface area contributed by atoms with Crippen LogP contribution in [0.15, 0.2) is 39.9 Å². The quantitative estimate of drug-likeness (QED) is 0.726. The number of fused-ring (bicyclic) bond motifs is 2. The molecule has 1 atom stereocenters. The number of hydrogen-bond acceptors (Lipinski definition) is 3. The Kier molecular flexibility index (Phi) is 3.25. The molecular weight excluding hydrogens is 309 g/mol. The van der Waals surface area contributed by atoms with Gasteiger partial charge in [0.1, 0.15) is 0 Å². The Labute approximate surface area is 131 Å². The van der Waals surface area contributed by atoms with Crippen molar-refractivity contribution in [2.75, 3.05) is 6.54 Å². The van der Waals surface area contributed by atoms with Gasteiger partial charge in [0, 0.05) is 10.6 Å². The van der Waals surface area contributed by atoms with E-state index in [1.165, 1.54) is 23.4 Å². The summed E-state index contributed by atoms with van der Waals surface area (Å²) in [6.45, 7) is 0.756. The minimum atomic E-state index is -4.28. The SMILES string of the molecule is FC(F)(F)c1ccc(C2CN3C(=N2)SC2=C3CCCC2)cc1. The van der Waals surface area contributed by atoms with Gasteiger partial charge in [-0.15, -0.1) is 0 Å². The van der Waals surface area contributed by atoms with Gasteiger partial charge in [-0.2, -0.15) is 13.2 Å². The summed E-state index contributed by atoms with van der Waals surface area (Å²) in [6.07, 6.45) is 0.419. The van der Waals surface area contributed by atoms with Crippen molar-refractivity contribution in [3.63, 3.8) is 0 Å². The van der Waals surface area contributed by atoms with Crippen molar-refractivity contribution in [3.05, 3.63) is 46.0 Å². The molecule has 0 spiro atoms. The minimum absolute atomic E-state index is 0.0549. The highest BCUT2D eigenvalue weighted by molar-refractivity contribution is 8.17. The standard InChI is InChI=1S/C16H15F3N2S/c17-16(18,19)11-7-5-10(6-8-11)12-9-21-13-3-1-2-4-14(13)22-15(21)20-12/h5-8,12H,1-4,9H2. The maximum absolute atomic E-state index is 12.6. The van der Waals surface area contributed by atoms with E-state index in [0.717, 1.165) is 42.3 Å². The van der Waals surface area contributed by atoms with Crippen LogP contribution in [0.2, 0.25) is 0 Å². The molecule has 0 saturated heterocycles. The number of hydrogen-bond donors (Lipinski definition) is 0. The van der Waals surface area contributed by atoms with Crippen LogP contribution >= 0.6 is 11.8 Å². The molecule has 0 N–H and O–H groups in total. The number of alkyl halides is 3. The van der Waals surface area contributed by atoms with Gasteiger partial charge in [0.05, 0.1) is 18.2 Å². The maximum Gasteiger partial charge on any atom is 0.416 e. The van der Waals surface area contributed by atoms with E-state index in [1.54, 1.807) is 23.9 Å². The highest BCUT2D eigenvalue weighted by Gasteiger charge is 2.37. The highest BCUT2D eigenvalue weighted by atomic mass is 32.2. The first-order valence-electron chi connectivity index (χ1n) is 7.45. The first-order valence-corrected chi connectivity index (χ1v) is 8.26. The molecule has 0 bridgehead atoms. The zero-order valence-electron chi connectivity index (χ0n) is 11.9. The molecular formula is C16H15F3N2S. The van der Waals surface area contributed by atoms with Crippen LogP contribution in [0.4, 0.5) is 13.2 Å². The summed E-state index contributed by atoms with van der Waals surface area (Å²) in [7, 11) is 0. The maximum atomic E-state index is 12.6. The average Bonchev–Trinajstić information content (AvgIpc) is 3.04. The first kappa shape index (κ1) is 14.2. The first-order chi connectivity index (χ1) is 10.5. The van der Waals surface area contributed by atoms with Gasteiger partial charge in [-0.25, -0.2) is 0 Å². The van der Waals surface area contributed by atoms with E-state index in [9.17, 15) is 13.2 Å². The Bertz CT molecular complexity index is 661. The van der Waals surface area contributed by atoms with Crippen molar-refractivity contribution < 1.29 is 13.2 Å². The number of amidine groups is 1. The summed E-state index contributed by atoms with van der Waals surface area (Å²) < 4.78 is 37.9. The molecule has 22 heavy (non-hydrogen) atoms. The molecule has 6 heteroatoms. The van der Waals surface area contributed by atoms with Gasteiger partial charge >= 0.3 is 6.18 Å². The van der Waals surface area contributed by atoms with Crippen molar-refractivity contribution in [1.29, 1.82) is 0 Å². The van der Waals surface area contributed by atoms with E-state index < -0.39 is 11.7 Å². The van der Waals surface area contributed by atoms with Crippen LogP contribution in [0.25, 0.3) is 0 Å². The van der Waals surface area contributed by atoms with Crippen LogP contribution in [0.1, 0.15) is 42.9 Å². The highest BCUT2D eigenvalue weighted by Crippen LogP contribution is 2.47. The molecule has 1 unspecified atom stereocenters. The Morgan fingerprint density at radius 2 is 1.82 bits per heavy atom. The van der Waals surface area contributed by atoms with Gasteiger partial charge in [-0.3, -0.25) is 4.99 Å². The van der Waals surface area contributed by atoms with Crippen molar-refractivity contribution in [3.8, 4) is 0 Å². The van der Waals surface area contributed by atoms with Crippen LogP contribution in [0, 0.1) is 0 Å². The third-order valence-electron chi connectivity index (χ3n) is 4.41. The second-order valence-corrected chi connectivity index (χ2v) is 6.90.